The zero-order chi connectivity index (χ0) is 31.5. The van der Waals surface area contributed by atoms with Crippen LogP contribution in [0.25, 0.3) is 0 Å². The van der Waals surface area contributed by atoms with Crippen LogP contribution in [0.1, 0.15) is 71.6 Å². The molecule has 44 heavy (non-hydrogen) atoms. The maximum Gasteiger partial charge on any atom is 0.413 e. The molecule has 1 saturated carbocycles. The number of carbonyl (C=O) groups is 1. The molecule has 0 spiro atoms. The van der Waals surface area contributed by atoms with Crippen molar-refractivity contribution < 1.29 is 19.1 Å². The van der Waals surface area contributed by atoms with Gasteiger partial charge in [0.05, 0.1) is 23.4 Å². The van der Waals surface area contributed by atoms with Crippen LogP contribution in [-0.4, -0.2) is 41.5 Å². The van der Waals surface area contributed by atoms with Crippen LogP contribution in [0, 0.1) is 0 Å². The molecule has 2 N–H and O–H groups in total. The van der Waals surface area contributed by atoms with Crippen LogP contribution < -0.4 is 15.7 Å². The molecule has 7 nitrogen and oxygen atoms in total. The van der Waals surface area contributed by atoms with Gasteiger partial charge in [0.1, 0.15) is 12.4 Å². The highest BCUT2D eigenvalue weighted by atomic mass is 28.4. The molecule has 0 radical (unpaired) electrons. The van der Waals surface area contributed by atoms with E-state index in [1.54, 1.807) is 0 Å². The van der Waals surface area contributed by atoms with Crippen LogP contribution in [-0.2, 0) is 21.3 Å². The molecule has 0 unspecified atom stereocenters. The molecule has 1 fully saturated rings. The van der Waals surface area contributed by atoms with Crippen molar-refractivity contribution in [1.29, 1.82) is 0 Å². The highest BCUT2D eigenvalue weighted by Crippen LogP contribution is 2.43. The Morgan fingerprint density at radius 1 is 0.886 bits per heavy atom. The average Bonchev–Trinajstić information content (AvgIpc) is 3.59. The highest BCUT2D eigenvalue weighted by molar-refractivity contribution is 6.99. The third-order valence-electron chi connectivity index (χ3n) is 8.44. The lowest BCUT2D eigenvalue weighted by Gasteiger charge is -2.45. The Labute approximate surface area is 262 Å². The number of benzene rings is 3. The van der Waals surface area contributed by atoms with E-state index in [1.165, 1.54) is 10.4 Å². The smallest absolute Gasteiger partial charge is 0.413 e. The minimum atomic E-state index is -2.84. The molecule has 1 aliphatic rings. The summed E-state index contributed by atoms with van der Waals surface area (Å²) in [5.41, 5.74) is 1.35. The first-order chi connectivity index (χ1) is 20.9. The van der Waals surface area contributed by atoms with Crippen LogP contribution in [0.2, 0.25) is 5.04 Å². The van der Waals surface area contributed by atoms with Crippen molar-refractivity contribution in [2.75, 3.05) is 5.32 Å². The molecule has 232 valence electrons. The first-order valence-corrected chi connectivity index (χ1v) is 17.3. The van der Waals surface area contributed by atoms with Gasteiger partial charge in [-0.15, -0.1) is 0 Å². The van der Waals surface area contributed by atoms with E-state index in [4.69, 9.17) is 14.3 Å². The molecule has 1 aliphatic carbocycles. The predicted molar refractivity (Wildman–Crippen MR) is 178 cm³/mol. The van der Waals surface area contributed by atoms with Gasteiger partial charge in [-0.3, -0.25) is 5.32 Å². The van der Waals surface area contributed by atoms with E-state index in [1.807, 2.05) is 74.0 Å². The van der Waals surface area contributed by atoms with E-state index < -0.39 is 20.5 Å². The van der Waals surface area contributed by atoms with Gasteiger partial charge in [0, 0.05) is 12.0 Å². The SMILES string of the molecule is CC(C)(C)n1nc([C@@H]2C[C@H](O)[C@H](O[Si](c3ccccc3)(c3ccccc3)C(C)(C)C)C2)cc1NC(=O)OCc1ccccc1. The summed E-state index contributed by atoms with van der Waals surface area (Å²) in [5, 5.41) is 21.5. The second-order valence-corrected chi connectivity index (χ2v) is 18.0. The molecule has 1 amide bonds. The van der Waals surface area contributed by atoms with E-state index >= 15 is 0 Å². The summed E-state index contributed by atoms with van der Waals surface area (Å²) in [6.07, 6.45) is -0.385. The molecule has 0 saturated heterocycles. The fourth-order valence-corrected chi connectivity index (χ4v) is 11.0. The van der Waals surface area contributed by atoms with E-state index in [2.05, 4.69) is 74.6 Å². The van der Waals surface area contributed by atoms with E-state index in [-0.39, 0.29) is 29.2 Å². The largest absolute Gasteiger partial charge is 0.444 e. The van der Waals surface area contributed by atoms with Gasteiger partial charge in [-0.05, 0) is 54.6 Å². The second-order valence-electron chi connectivity index (χ2n) is 13.8. The quantitative estimate of drug-likeness (QED) is 0.220. The Morgan fingerprint density at radius 2 is 1.43 bits per heavy atom. The summed E-state index contributed by atoms with van der Waals surface area (Å²) in [7, 11) is -2.84. The first-order valence-electron chi connectivity index (χ1n) is 15.4. The number of hydrogen-bond acceptors (Lipinski definition) is 5. The number of aliphatic hydroxyl groups excluding tert-OH is 1. The minimum Gasteiger partial charge on any atom is -0.444 e. The Balaban J connectivity index is 1.40. The molecule has 0 aliphatic heterocycles. The second kappa shape index (κ2) is 12.7. The summed E-state index contributed by atoms with van der Waals surface area (Å²) in [6, 6.07) is 32.5. The number of rotatable bonds is 8. The lowest BCUT2D eigenvalue weighted by atomic mass is 10.0. The third kappa shape index (κ3) is 6.67. The van der Waals surface area contributed by atoms with Crippen molar-refractivity contribution in [3.05, 3.63) is 108 Å². The number of carbonyl (C=O) groups excluding carboxylic acids is 1. The van der Waals surface area contributed by atoms with Gasteiger partial charge in [0.25, 0.3) is 8.32 Å². The van der Waals surface area contributed by atoms with E-state index in [9.17, 15) is 9.90 Å². The van der Waals surface area contributed by atoms with Crippen LogP contribution >= 0.6 is 0 Å². The number of amides is 1. The van der Waals surface area contributed by atoms with Crippen molar-refractivity contribution in [1.82, 2.24) is 9.78 Å². The lowest BCUT2D eigenvalue weighted by Crippen LogP contribution is -2.68. The molecule has 4 aromatic rings. The molecule has 1 heterocycles. The van der Waals surface area contributed by atoms with Crippen LogP contribution in [0.3, 0.4) is 0 Å². The van der Waals surface area contributed by atoms with Crippen LogP contribution in [0.15, 0.2) is 97.1 Å². The van der Waals surface area contributed by atoms with Crippen molar-refractivity contribution in [2.24, 2.45) is 0 Å². The van der Waals surface area contributed by atoms with Crippen LogP contribution in [0.4, 0.5) is 10.6 Å². The highest BCUT2D eigenvalue weighted by Gasteiger charge is 2.53. The van der Waals surface area contributed by atoms with Crippen molar-refractivity contribution in [2.45, 2.75) is 89.7 Å². The maximum absolute atomic E-state index is 12.8. The Bertz CT molecular complexity index is 1490. The number of hydrogen-bond donors (Lipinski definition) is 2. The zero-order valence-corrected chi connectivity index (χ0v) is 27.7. The van der Waals surface area contributed by atoms with Crippen molar-refractivity contribution >= 4 is 30.6 Å². The lowest BCUT2D eigenvalue weighted by molar-refractivity contribution is 0.0539. The third-order valence-corrected chi connectivity index (χ3v) is 13.5. The molecule has 1 aromatic heterocycles. The topological polar surface area (TPSA) is 85.6 Å². The first kappa shape index (κ1) is 31.7. The van der Waals surface area contributed by atoms with Gasteiger partial charge in [0.2, 0.25) is 0 Å². The number of nitrogens with one attached hydrogen (secondary N) is 1. The fourth-order valence-electron chi connectivity index (χ4n) is 6.33. The number of ether oxygens (including phenoxy) is 1. The van der Waals surface area contributed by atoms with Gasteiger partial charge >= 0.3 is 6.09 Å². The van der Waals surface area contributed by atoms with Crippen molar-refractivity contribution in [3.8, 4) is 0 Å². The summed E-state index contributed by atoms with van der Waals surface area (Å²) in [4.78, 5) is 12.8. The molecular weight excluding hydrogens is 566 g/mol. The normalized spacial score (nSPS) is 19.1. The van der Waals surface area contributed by atoms with Crippen molar-refractivity contribution in [3.63, 3.8) is 0 Å². The number of aromatic nitrogens is 2. The molecular formula is C36H45N3O4Si. The Morgan fingerprint density at radius 3 is 1.95 bits per heavy atom. The van der Waals surface area contributed by atoms with Gasteiger partial charge in [-0.1, -0.05) is 112 Å². The van der Waals surface area contributed by atoms with Crippen LogP contribution in [0.5, 0.6) is 0 Å². The standard InChI is InChI=1S/C36H45N3O4Si/c1-35(2,3)39-33(37-34(41)42-25-26-16-10-7-11-17-26)24-30(38-39)27-22-31(40)32(23-27)43-44(36(4,5)6,28-18-12-8-13-19-28)29-20-14-9-15-21-29/h7-21,24,27,31-32,40H,22-23,25H2,1-6H3,(H,37,41)/t27-,31+,32-/m1/s1. The summed E-state index contributed by atoms with van der Waals surface area (Å²) < 4.78 is 14.6. The van der Waals surface area contributed by atoms with Gasteiger partial charge < -0.3 is 14.3 Å². The van der Waals surface area contributed by atoms with E-state index in [0.717, 1.165) is 11.3 Å². The fraction of sp³-hybridized carbons (Fsp3) is 0.389. The predicted octanol–water partition coefficient (Wildman–Crippen LogP) is 6.57. The molecule has 5 rings (SSSR count). The monoisotopic (exact) mass is 611 g/mol. The van der Waals surface area contributed by atoms with Gasteiger partial charge in [-0.25, -0.2) is 9.48 Å². The Hall–Kier alpha value is -3.72. The molecule has 3 atom stereocenters. The Kier molecular flexibility index (Phi) is 9.16. The van der Waals surface area contributed by atoms with Gasteiger partial charge in [0.15, 0.2) is 0 Å². The molecule has 3 aromatic carbocycles. The number of anilines is 1. The summed E-state index contributed by atoms with van der Waals surface area (Å²) in [6.45, 7) is 13.1. The minimum absolute atomic E-state index is 0.0299. The summed E-state index contributed by atoms with van der Waals surface area (Å²) >= 11 is 0. The molecule has 0 bridgehead atoms. The number of aliphatic hydroxyl groups is 1. The average molecular weight is 612 g/mol. The molecule has 8 heteroatoms. The zero-order valence-electron chi connectivity index (χ0n) is 26.7. The maximum atomic E-state index is 12.8. The van der Waals surface area contributed by atoms with Gasteiger partial charge in [-0.2, -0.15) is 5.10 Å². The summed E-state index contributed by atoms with van der Waals surface area (Å²) in [5.74, 6) is 0.536. The number of nitrogens with zero attached hydrogens (tertiary/aromatic N) is 2. The van der Waals surface area contributed by atoms with E-state index in [0.29, 0.717) is 18.7 Å².